The van der Waals surface area contributed by atoms with Crippen LogP contribution in [0.4, 0.5) is 4.79 Å². The van der Waals surface area contributed by atoms with E-state index in [1.807, 2.05) is 31.5 Å². The van der Waals surface area contributed by atoms with Crippen LogP contribution in [0.1, 0.15) is 26.6 Å². The minimum absolute atomic E-state index is 0.407. The van der Waals surface area contributed by atoms with Gasteiger partial charge in [-0.1, -0.05) is 0 Å². The highest BCUT2D eigenvalue weighted by Gasteiger charge is 2.15. The lowest BCUT2D eigenvalue weighted by Gasteiger charge is -2.19. The number of carbonyl (C=O) groups excluding carboxylic acids is 1. The average Bonchev–Trinajstić information content (AvgIpc) is 2.57. The fourth-order valence-electron chi connectivity index (χ4n) is 1.45. The molecule has 6 nitrogen and oxygen atoms in total. The van der Waals surface area contributed by atoms with E-state index >= 15 is 0 Å². The second kappa shape index (κ2) is 7.09. The van der Waals surface area contributed by atoms with Gasteiger partial charge in [-0.15, -0.1) is 0 Å². The lowest BCUT2D eigenvalue weighted by molar-refractivity contribution is 0.0525. The van der Waals surface area contributed by atoms with Crippen LogP contribution in [0.15, 0.2) is 6.20 Å². The van der Waals surface area contributed by atoms with E-state index in [4.69, 9.17) is 9.47 Å². The first-order valence-corrected chi connectivity index (χ1v) is 7.07. The van der Waals surface area contributed by atoms with Crippen LogP contribution in [0.5, 0.6) is 0 Å². The smallest absolute Gasteiger partial charge is 0.407 e. The average molecular weight is 381 g/mol. The first-order chi connectivity index (χ1) is 8.81. The second-order valence-corrected chi connectivity index (χ2v) is 6.14. The molecule has 0 aliphatic rings. The first-order valence-electron chi connectivity index (χ1n) is 5.99. The van der Waals surface area contributed by atoms with Crippen molar-refractivity contribution in [2.45, 2.75) is 39.5 Å². The van der Waals surface area contributed by atoms with Crippen LogP contribution in [0.2, 0.25) is 0 Å². The minimum Gasteiger partial charge on any atom is -0.444 e. The van der Waals surface area contributed by atoms with Crippen molar-refractivity contribution in [2.24, 2.45) is 0 Å². The summed E-state index contributed by atoms with van der Waals surface area (Å²) in [6, 6.07) is 0. The van der Waals surface area contributed by atoms with Crippen molar-refractivity contribution in [1.82, 2.24) is 14.9 Å². The van der Waals surface area contributed by atoms with Gasteiger partial charge in [0.15, 0.2) is 0 Å². The Kier molecular flexibility index (Phi) is 6.05. The van der Waals surface area contributed by atoms with Gasteiger partial charge in [0, 0.05) is 26.4 Å². The number of hydrogen-bond donors (Lipinski definition) is 1. The van der Waals surface area contributed by atoms with Gasteiger partial charge in [-0.2, -0.15) is 0 Å². The van der Waals surface area contributed by atoms with Gasteiger partial charge in [0.25, 0.3) is 0 Å². The van der Waals surface area contributed by atoms with Gasteiger partial charge >= 0.3 is 6.09 Å². The summed E-state index contributed by atoms with van der Waals surface area (Å²) in [5, 5.41) is 2.71. The molecule has 0 aliphatic carbocycles. The molecule has 0 saturated heterocycles. The molecule has 0 radical (unpaired) electrons. The van der Waals surface area contributed by atoms with E-state index in [1.165, 1.54) is 0 Å². The molecule has 1 N–H and O–H groups in total. The summed E-state index contributed by atoms with van der Waals surface area (Å²) >= 11 is 2.15. The molecule has 0 unspecified atom stereocenters. The molecule has 0 spiro atoms. The zero-order valence-electron chi connectivity index (χ0n) is 11.7. The fraction of sp³-hybridized carbons (Fsp3) is 0.667. The first kappa shape index (κ1) is 16.2. The van der Waals surface area contributed by atoms with Crippen molar-refractivity contribution in [3.05, 3.63) is 15.7 Å². The highest BCUT2D eigenvalue weighted by molar-refractivity contribution is 14.1. The van der Waals surface area contributed by atoms with E-state index in [0.29, 0.717) is 19.7 Å². The molecule has 0 fully saturated rings. The molecule has 108 valence electrons. The predicted molar refractivity (Wildman–Crippen MR) is 79.9 cm³/mol. The fourth-order valence-corrected chi connectivity index (χ4v) is 2.06. The SMILES string of the molecule is COCc1nc(I)cn1CCNC(=O)OC(C)(C)C. The number of amides is 1. The zero-order chi connectivity index (χ0) is 14.5. The summed E-state index contributed by atoms with van der Waals surface area (Å²) in [7, 11) is 1.63. The Balaban J connectivity index is 2.42. The molecule has 1 heterocycles. The van der Waals surface area contributed by atoms with Gasteiger partial charge in [-0.05, 0) is 43.4 Å². The predicted octanol–water partition coefficient (Wildman–Crippen LogP) is 2.16. The van der Waals surface area contributed by atoms with Gasteiger partial charge in [0.05, 0.1) is 0 Å². The van der Waals surface area contributed by atoms with E-state index in [9.17, 15) is 4.79 Å². The number of nitrogens with zero attached hydrogens (tertiary/aromatic N) is 2. The van der Waals surface area contributed by atoms with Crippen molar-refractivity contribution in [2.75, 3.05) is 13.7 Å². The molecular weight excluding hydrogens is 361 g/mol. The lowest BCUT2D eigenvalue weighted by Crippen LogP contribution is -2.34. The summed E-state index contributed by atoms with van der Waals surface area (Å²) in [5.41, 5.74) is -0.477. The van der Waals surface area contributed by atoms with Gasteiger partial charge in [0.2, 0.25) is 0 Å². The summed E-state index contributed by atoms with van der Waals surface area (Å²) in [6.07, 6.45) is 1.52. The number of carbonyl (C=O) groups is 1. The molecule has 0 aromatic carbocycles. The van der Waals surface area contributed by atoms with Crippen LogP contribution >= 0.6 is 22.6 Å². The number of halogens is 1. The quantitative estimate of drug-likeness (QED) is 0.794. The maximum Gasteiger partial charge on any atom is 0.407 e. The molecule has 1 rings (SSSR count). The summed E-state index contributed by atoms with van der Waals surface area (Å²) in [6.45, 7) is 7.08. The van der Waals surface area contributed by atoms with Crippen molar-refractivity contribution in [3.63, 3.8) is 0 Å². The largest absolute Gasteiger partial charge is 0.444 e. The molecule has 0 saturated carbocycles. The van der Waals surface area contributed by atoms with Crippen LogP contribution in [0, 0.1) is 3.70 Å². The third-order valence-corrected chi connectivity index (χ3v) is 2.64. The molecule has 19 heavy (non-hydrogen) atoms. The highest BCUT2D eigenvalue weighted by atomic mass is 127. The Morgan fingerprint density at radius 2 is 2.21 bits per heavy atom. The third-order valence-electron chi connectivity index (χ3n) is 2.12. The minimum atomic E-state index is -0.477. The highest BCUT2D eigenvalue weighted by Crippen LogP contribution is 2.08. The molecule has 1 amide bonds. The van der Waals surface area contributed by atoms with Gasteiger partial charge < -0.3 is 19.4 Å². The Morgan fingerprint density at radius 1 is 1.53 bits per heavy atom. The number of hydrogen-bond acceptors (Lipinski definition) is 4. The van der Waals surface area contributed by atoms with E-state index in [1.54, 1.807) is 7.11 Å². The second-order valence-electron chi connectivity index (χ2n) is 5.03. The van der Waals surface area contributed by atoms with Crippen molar-refractivity contribution < 1.29 is 14.3 Å². The molecule has 0 atom stereocenters. The van der Waals surface area contributed by atoms with Gasteiger partial charge in [-0.3, -0.25) is 0 Å². The normalized spacial score (nSPS) is 11.4. The Labute approximate surface area is 127 Å². The van der Waals surface area contributed by atoms with Crippen LogP contribution < -0.4 is 5.32 Å². The number of alkyl carbamates (subject to hydrolysis) is 1. The van der Waals surface area contributed by atoms with Crippen molar-refractivity contribution in [1.29, 1.82) is 0 Å². The molecule has 0 aliphatic heterocycles. The third kappa shape index (κ3) is 6.24. The summed E-state index contributed by atoms with van der Waals surface area (Å²) in [4.78, 5) is 15.8. The standard InChI is InChI=1S/C12H20IN3O3/c1-12(2,3)19-11(17)14-5-6-16-7-9(13)15-10(16)8-18-4/h7H,5-6,8H2,1-4H3,(H,14,17). The monoisotopic (exact) mass is 381 g/mol. The summed E-state index contributed by atoms with van der Waals surface area (Å²) < 4.78 is 13.1. The van der Waals surface area contributed by atoms with Crippen LogP contribution in [0.3, 0.4) is 0 Å². The zero-order valence-corrected chi connectivity index (χ0v) is 13.9. The van der Waals surface area contributed by atoms with E-state index in [0.717, 1.165) is 9.53 Å². The van der Waals surface area contributed by atoms with Crippen molar-refractivity contribution in [3.8, 4) is 0 Å². The Hall–Kier alpha value is -0.830. The van der Waals surface area contributed by atoms with Crippen LogP contribution in [0.25, 0.3) is 0 Å². The molecule has 7 heteroatoms. The number of rotatable bonds is 5. The van der Waals surface area contributed by atoms with Crippen LogP contribution in [-0.4, -0.2) is 34.9 Å². The molecule has 1 aromatic heterocycles. The number of ether oxygens (including phenoxy) is 2. The van der Waals surface area contributed by atoms with E-state index in [2.05, 4.69) is 32.9 Å². The maximum absolute atomic E-state index is 11.5. The van der Waals surface area contributed by atoms with Gasteiger partial charge in [0.1, 0.15) is 21.7 Å². The Morgan fingerprint density at radius 3 is 2.79 bits per heavy atom. The van der Waals surface area contributed by atoms with Crippen molar-refractivity contribution >= 4 is 28.7 Å². The van der Waals surface area contributed by atoms with Gasteiger partial charge in [-0.25, -0.2) is 9.78 Å². The molecular formula is C12H20IN3O3. The van der Waals surface area contributed by atoms with E-state index in [-0.39, 0.29) is 0 Å². The maximum atomic E-state index is 11.5. The number of methoxy groups -OCH3 is 1. The number of imidazole rings is 1. The summed E-state index contributed by atoms with van der Waals surface area (Å²) in [5.74, 6) is 0.845. The number of nitrogens with one attached hydrogen (secondary N) is 1. The topological polar surface area (TPSA) is 65.4 Å². The lowest BCUT2D eigenvalue weighted by atomic mass is 10.2. The molecule has 0 bridgehead atoms. The van der Waals surface area contributed by atoms with Crippen LogP contribution in [-0.2, 0) is 22.6 Å². The Bertz CT molecular complexity index is 426. The number of aromatic nitrogens is 2. The molecule has 1 aromatic rings. The van der Waals surface area contributed by atoms with E-state index < -0.39 is 11.7 Å².